The zero-order chi connectivity index (χ0) is 18.5. The third-order valence-electron chi connectivity index (χ3n) is 3.31. The van der Waals surface area contributed by atoms with E-state index < -0.39 is 23.2 Å². The molecule has 0 spiro atoms. The van der Waals surface area contributed by atoms with Crippen molar-refractivity contribution in [2.75, 3.05) is 18.2 Å². The van der Waals surface area contributed by atoms with Crippen molar-refractivity contribution >= 4 is 23.4 Å². The Hall–Kier alpha value is -3.01. The van der Waals surface area contributed by atoms with Crippen molar-refractivity contribution in [1.29, 1.82) is 0 Å². The number of ether oxygens (including phenoxy) is 1. The second kappa shape index (κ2) is 7.91. The van der Waals surface area contributed by atoms with Gasteiger partial charge in [-0.05, 0) is 34.7 Å². The number of benzene rings is 2. The van der Waals surface area contributed by atoms with Gasteiger partial charge in [-0.15, -0.1) is 5.10 Å². The van der Waals surface area contributed by atoms with Crippen LogP contribution in [0.1, 0.15) is 0 Å². The summed E-state index contributed by atoms with van der Waals surface area (Å²) in [6, 6.07) is 10.4. The molecule has 0 saturated carbocycles. The highest BCUT2D eigenvalue weighted by atomic mass is 32.2. The number of anilines is 1. The second-order valence-electron chi connectivity index (χ2n) is 4.98. The van der Waals surface area contributed by atoms with Gasteiger partial charge in [0.25, 0.3) is 0 Å². The zero-order valence-corrected chi connectivity index (χ0v) is 14.3. The monoisotopic (exact) mass is 377 g/mol. The van der Waals surface area contributed by atoms with Gasteiger partial charge in [0.1, 0.15) is 28.8 Å². The molecule has 3 aromatic rings. The lowest BCUT2D eigenvalue weighted by Crippen LogP contribution is -2.16. The van der Waals surface area contributed by atoms with E-state index in [2.05, 4.69) is 20.8 Å². The number of carbonyl (C=O) groups excluding carboxylic acids is 1. The van der Waals surface area contributed by atoms with E-state index in [1.165, 1.54) is 17.9 Å². The van der Waals surface area contributed by atoms with E-state index in [0.717, 1.165) is 23.9 Å². The number of thioether (sulfide) groups is 1. The topological polar surface area (TPSA) is 81.9 Å². The predicted octanol–water partition coefficient (Wildman–Crippen LogP) is 2.68. The van der Waals surface area contributed by atoms with Crippen molar-refractivity contribution in [2.45, 2.75) is 5.16 Å². The maximum absolute atomic E-state index is 13.6. The van der Waals surface area contributed by atoms with Crippen molar-refractivity contribution in [3.05, 3.63) is 54.1 Å². The molecule has 10 heteroatoms. The number of hydrogen-bond acceptors (Lipinski definition) is 6. The minimum absolute atomic E-state index is 0.136. The number of para-hydroxylation sites is 3. The van der Waals surface area contributed by atoms with Crippen molar-refractivity contribution in [1.82, 2.24) is 20.2 Å². The lowest BCUT2D eigenvalue weighted by atomic mass is 10.3. The Labute approximate surface area is 151 Å². The van der Waals surface area contributed by atoms with Gasteiger partial charge < -0.3 is 10.1 Å². The summed E-state index contributed by atoms with van der Waals surface area (Å²) in [7, 11) is 1.52. The number of halogens is 2. The fraction of sp³-hybridized carbons (Fsp3) is 0.125. The standard InChI is InChI=1S/C16H13F2N5O2S/c1-25-13-8-3-2-7-12(13)23-16(20-21-22-23)26-9-14(24)19-15-10(17)5-4-6-11(15)18/h2-8H,9H2,1H3,(H,19,24). The maximum atomic E-state index is 13.6. The fourth-order valence-corrected chi connectivity index (χ4v) is 2.83. The second-order valence-corrected chi connectivity index (χ2v) is 5.92. The maximum Gasteiger partial charge on any atom is 0.235 e. The number of nitrogens with one attached hydrogen (secondary N) is 1. The first-order valence-corrected chi connectivity index (χ1v) is 8.37. The van der Waals surface area contributed by atoms with E-state index in [1.807, 2.05) is 0 Å². The number of rotatable bonds is 6. The normalized spacial score (nSPS) is 10.6. The van der Waals surface area contributed by atoms with Gasteiger partial charge in [0, 0.05) is 0 Å². The molecule has 3 rings (SSSR count). The van der Waals surface area contributed by atoms with E-state index in [1.54, 1.807) is 24.3 Å². The van der Waals surface area contributed by atoms with Gasteiger partial charge in [-0.3, -0.25) is 4.79 Å². The number of tetrazole rings is 1. The molecule has 1 amide bonds. The summed E-state index contributed by atoms with van der Waals surface area (Å²) in [5.74, 6) is -1.86. The molecule has 0 radical (unpaired) electrons. The number of amides is 1. The minimum atomic E-state index is -0.845. The number of hydrogen-bond donors (Lipinski definition) is 1. The molecule has 0 bridgehead atoms. The van der Waals surface area contributed by atoms with Gasteiger partial charge in [-0.1, -0.05) is 30.0 Å². The fourth-order valence-electron chi connectivity index (χ4n) is 2.15. The van der Waals surface area contributed by atoms with Crippen LogP contribution in [0.25, 0.3) is 5.69 Å². The highest BCUT2D eigenvalue weighted by molar-refractivity contribution is 7.99. The van der Waals surface area contributed by atoms with Gasteiger partial charge in [-0.2, -0.15) is 4.68 Å². The molecule has 0 atom stereocenters. The summed E-state index contributed by atoms with van der Waals surface area (Å²) >= 11 is 1.02. The Morgan fingerprint density at radius 2 is 1.92 bits per heavy atom. The molecule has 1 N–H and O–H groups in total. The lowest BCUT2D eigenvalue weighted by Gasteiger charge is -2.09. The molecule has 7 nitrogen and oxygen atoms in total. The van der Waals surface area contributed by atoms with Gasteiger partial charge in [0.15, 0.2) is 0 Å². The molecule has 26 heavy (non-hydrogen) atoms. The predicted molar refractivity (Wildman–Crippen MR) is 91.4 cm³/mol. The molecule has 0 aliphatic heterocycles. The first kappa shape index (κ1) is 17.8. The number of carbonyl (C=O) groups is 1. The van der Waals surface area contributed by atoms with Crippen LogP contribution >= 0.6 is 11.8 Å². The molecule has 2 aromatic carbocycles. The van der Waals surface area contributed by atoms with Crippen molar-refractivity contribution in [3.63, 3.8) is 0 Å². The van der Waals surface area contributed by atoms with Crippen LogP contribution in [0.3, 0.4) is 0 Å². The molecule has 0 saturated heterocycles. The lowest BCUT2D eigenvalue weighted by molar-refractivity contribution is -0.113. The molecule has 1 aromatic heterocycles. The van der Waals surface area contributed by atoms with Gasteiger partial charge in [0.2, 0.25) is 11.1 Å². The third-order valence-corrected chi connectivity index (χ3v) is 4.23. The van der Waals surface area contributed by atoms with Crippen LogP contribution < -0.4 is 10.1 Å². The van der Waals surface area contributed by atoms with Gasteiger partial charge >= 0.3 is 0 Å². The van der Waals surface area contributed by atoms with E-state index in [0.29, 0.717) is 16.6 Å². The zero-order valence-electron chi connectivity index (χ0n) is 13.5. The SMILES string of the molecule is COc1ccccc1-n1nnnc1SCC(=O)Nc1c(F)cccc1F. The van der Waals surface area contributed by atoms with Gasteiger partial charge in [-0.25, -0.2) is 8.78 Å². The van der Waals surface area contributed by atoms with Gasteiger partial charge in [0.05, 0.1) is 12.9 Å². The van der Waals surface area contributed by atoms with Crippen LogP contribution in [0.2, 0.25) is 0 Å². The molecule has 1 heterocycles. The van der Waals surface area contributed by atoms with E-state index in [9.17, 15) is 13.6 Å². The highest BCUT2D eigenvalue weighted by Gasteiger charge is 2.16. The third kappa shape index (κ3) is 3.80. The summed E-state index contributed by atoms with van der Waals surface area (Å²) in [5, 5.41) is 13.9. The van der Waals surface area contributed by atoms with Crippen LogP contribution in [-0.4, -0.2) is 39.0 Å². The van der Waals surface area contributed by atoms with Crippen LogP contribution in [0, 0.1) is 11.6 Å². The Balaban J connectivity index is 1.71. The summed E-state index contributed by atoms with van der Waals surface area (Å²) in [5.41, 5.74) is 0.116. The van der Waals surface area contributed by atoms with Crippen molar-refractivity contribution in [3.8, 4) is 11.4 Å². The van der Waals surface area contributed by atoms with Crippen molar-refractivity contribution < 1.29 is 18.3 Å². The number of methoxy groups -OCH3 is 1. The number of aromatic nitrogens is 4. The Morgan fingerprint density at radius 1 is 1.19 bits per heavy atom. The molecule has 0 unspecified atom stereocenters. The quantitative estimate of drug-likeness (QED) is 0.665. The summed E-state index contributed by atoms with van der Waals surface area (Å²) in [6.45, 7) is 0. The van der Waals surface area contributed by atoms with Crippen molar-refractivity contribution in [2.24, 2.45) is 0 Å². The molecule has 0 aliphatic rings. The Morgan fingerprint density at radius 3 is 2.65 bits per heavy atom. The first-order valence-electron chi connectivity index (χ1n) is 7.38. The van der Waals surface area contributed by atoms with E-state index >= 15 is 0 Å². The van der Waals surface area contributed by atoms with Crippen LogP contribution in [0.5, 0.6) is 5.75 Å². The van der Waals surface area contributed by atoms with E-state index in [-0.39, 0.29) is 5.75 Å². The summed E-state index contributed by atoms with van der Waals surface area (Å²) < 4.78 is 33.8. The van der Waals surface area contributed by atoms with Crippen LogP contribution in [0.15, 0.2) is 47.6 Å². The molecule has 0 aliphatic carbocycles. The van der Waals surface area contributed by atoms with Crippen LogP contribution in [0.4, 0.5) is 14.5 Å². The molecule has 134 valence electrons. The molecular weight excluding hydrogens is 364 g/mol. The Kier molecular flexibility index (Phi) is 5.42. The smallest absolute Gasteiger partial charge is 0.235 e. The summed E-state index contributed by atoms with van der Waals surface area (Å²) in [6.07, 6.45) is 0. The minimum Gasteiger partial charge on any atom is -0.494 e. The number of nitrogens with zero attached hydrogens (tertiary/aromatic N) is 4. The Bertz CT molecular complexity index is 914. The van der Waals surface area contributed by atoms with Crippen LogP contribution in [-0.2, 0) is 4.79 Å². The first-order chi connectivity index (χ1) is 12.6. The van der Waals surface area contributed by atoms with E-state index in [4.69, 9.17) is 4.74 Å². The molecular formula is C16H13F2N5O2S. The summed E-state index contributed by atoms with van der Waals surface area (Å²) in [4.78, 5) is 12.0. The molecule has 0 fully saturated rings. The highest BCUT2D eigenvalue weighted by Crippen LogP contribution is 2.26. The largest absolute Gasteiger partial charge is 0.494 e. The average molecular weight is 377 g/mol. The average Bonchev–Trinajstić information content (AvgIpc) is 3.11.